The van der Waals surface area contributed by atoms with Crippen molar-refractivity contribution in [2.45, 2.75) is 20.4 Å². The summed E-state index contributed by atoms with van der Waals surface area (Å²) in [7, 11) is 1.39. The van der Waals surface area contributed by atoms with Crippen molar-refractivity contribution in [3.63, 3.8) is 0 Å². The number of ketones is 1. The Morgan fingerprint density at radius 1 is 0.967 bits per heavy atom. The van der Waals surface area contributed by atoms with Crippen LogP contribution >= 0.6 is 0 Å². The molecular formula is C23H21F2NO4. The molecule has 0 saturated carbocycles. The average Bonchev–Trinajstić information content (AvgIpc) is 3.01. The van der Waals surface area contributed by atoms with E-state index in [1.54, 1.807) is 25.1 Å². The van der Waals surface area contributed by atoms with Gasteiger partial charge in [-0.15, -0.1) is 0 Å². The van der Waals surface area contributed by atoms with Gasteiger partial charge in [0.05, 0.1) is 12.7 Å². The Kier molecular flexibility index (Phi) is 6.30. The van der Waals surface area contributed by atoms with E-state index in [0.29, 0.717) is 17.8 Å². The van der Waals surface area contributed by atoms with Gasteiger partial charge in [-0.05, 0) is 49.7 Å². The number of carbonyl (C=O) groups excluding carboxylic acids is 2. The fraction of sp³-hybridized carbons (Fsp3) is 0.217. The number of Topliss-reactive ketones (excluding diaryl/α,β-unsaturated/α-hetero) is 1. The van der Waals surface area contributed by atoms with Crippen LogP contribution < -0.4 is 4.74 Å². The maximum absolute atomic E-state index is 14.0. The number of nitrogens with zero attached hydrogens (tertiary/aromatic N) is 1. The molecule has 7 heteroatoms. The SMILES string of the molecule is COc1ccc(C(=O)OCC(=O)c2cc(C)n(Cc3ccc(F)cc3)c2C)c(F)c1. The molecule has 0 aliphatic carbocycles. The van der Waals surface area contributed by atoms with E-state index in [4.69, 9.17) is 9.47 Å². The number of methoxy groups -OCH3 is 1. The molecule has 0 aliphatic heterocycles. The maximum atomic E-state index is 14.0. The van der Waals surface area contributed by atoms with Crippen molar-refractivity contribution in [2.24, 2.45) is 0 Å². The summed E-state index contributed by atoms with van der Waals surface area (Å²) >= 11 is 0. The summed E-state index contributed by atoms with van der Waals surface area (Å²) in [4.78, 5) is 24.7. The standard InChI is InChI=1S/C23H21F2NO4/c1-14-10-20(15(2)26(14)12-16-4-6-17(24)7-5-16)22(27)13-30-23(28)19-9-8-18(29-3)11-21(19)25/h4-11H,12-13H2,1-3H3. The van der Waals surface area contributed by atoms with Crippen LogP contribution in [0.3, 0.4) is 0 Å². The molecule has 0 unspecified atom stereocenters. The minimum absolute atomic E-state index is 0.272. The molecular weight excluding hydrogens is 392 g/mol. The molecule has 0 bridgehead atoms. The van der Waals surface area contributed by atoms with Crippen molar-refractivity contribution in [2.75, 3.05) is 13.7 Å². The zero-order valence-electron chi connectivity index (χ0n) is 16.9. The lowest BCUT2D eigenvalue weighted by molar-refractivity contribution is 0.0470. The molecule has 0 amide bonds. The number of esters is 1. The van der Waals surface area contributed by atoms with Gasteiger partial charge in [-0.2, -0.15) is 0 Å². The first-order chi connectivity index (χ1) is 14.3. The number of ether oxygens (including phenoxy) is 2. The molecule has 2 aromatic carbocycles. The number of benzene rings is 2. The number of halogens is 2. The molecule has 0 aliphatic rings. The van der Waals surface area contributed by atoms with E-state index in [2.05, 4.69) is 0 Å². The molecule has 0 fully saturated rings. The van der Waals surface area contributed by atoms with E-state index in [-0.39, 0.29) is 17.1 Å². The van der Waals surface area contributed by atoms with Crippen LogP contribution in [-0.4, -0.2) is 30.0 Å². The molecule has 0 saturated heterocycles. The molecule has 0 atom stereocenters. The number of hydrogen-bond donors (Lipinski definition) is 0. The number of rotatable bonds is 7. The van der Waals surface area contributed by atoms with Gasteiger partial charge in [0.15, 0.2) is 6.61 Å². The van der Waals surface area contributed by atoms with E-state index in [9.17, 15) is 18.4 Å². The van der Waals surface area contributed by atoms with Crippen molar-refractivity contribution >= 4 is 11.8 Å². The summed E-state index contributed by atoms with van der Waals surface area (Å²) in [6.45, 7) is 3.61. The molecule has 30 heavy (non-hydrogen) atoms. The summed E-state index contributed by atoms with van der Waals surface area (Å²) in [5, 5.41) is 0. The third kappa shape index (κ3) is 4.56. The highest BCUT2D eigenvalue weighted by molar-refractivity contribution is 6.00. The first-order valence-electron chi connectivity index (χ1n) is 9.25. The van der Waals surface area contributed by atoms with Gasteiger partial charge < -0.3 is 14.0 Å². The summed E-state index contributed by atoms with van der Waals surface area (Å²) in [5.41, 5.74) is 2.57. The van der Waals surface area contributed by atoms with Gasteiger partial charge in [0.1, 0.15) is 17.4 Å². The number of carbonyl (C=O) groups is 2. The van der Waals surface area contributed by atoms with Crippen LogP contribution in [0.5, 0.6) is 5.75 Å². The van der Waals surface area contributed by atoms with Crippen molar-refractivity contribution in [3.8, 4) is 5.75 Å². The summed E-state index contributed by atoms with van der Waals surface area (Å²) < 4.78 is 38.9. The fourth-order valence-corrected chi connectivity index (χ4v) is 3.17. The molecule has 3 aromatic rings. The zero-order chi connectivity index (χ0) is 21.8. The Labute approximate surface area is 172 Å². The Balaban J connectivity index is 1.70. The van der Waals surface area contributed by atoms with Crippen molar-refractivity contribution in [1.82, 2.24) is 4.57 Å². The highest BCUT2D eigenvalue weighted by Gasteiger charge is 2.20. The molecule has 0 radical (unpaired) electrons. The van der Waals surface area contributed by atoms with Gasteiger partial charge in [-0.3, -0.25) is 4.79 Å². The fourth-order valence-electron chi connectivity index (χ4n) is 3.17. The van der Waals surface area contributed by atoms with E-state index in [0.717, 1.165) is 17.3 Å². The minimum atomic E-state index is -0.927. The van der Waals surface area contributed by atoms with Gasteiger partial charge >= 0.3 is 5.97 Å². The van der Waals surface area contributed by atoms with Crippen LogP contribution in [0.1, 0.15) is 37.7 Å². The first kappa shape index (κ1) is 21.2. The molecule has 1 aromatic heterocycles. The highest BCUT2D eigenvalue weighted by Crippen LogP contribution is 2.20. The van der Waals surface area contributed by atoms with Crippen molar-refractivity contribution in [1.29, 1.82) is 0 Å². The van der Waals surface area contributed by atoms with E-state index >= 15 is 0 Å². The Bertz CT molecular complexity index is 1090. The Hall–Kier alpha value is -3.48. The van der Waals surface area contributed by atoms with Gasteiger partial charge in [0, 0.05) is 29.6 Å². The van der Waals surface area contributed by atoms with E-state index in [1.807, 2.05) is 11.5 Å². The lowest BCUT2D eigenvalue weighted by atomic mass is 10.1. The van der Waals surface area contributed by atoms with Crippen LogP contribution in [-0.2, 0) is 11.3 Å². The lowest BCUT2D eigenvalue weighted by Gasteiger charge is -2.10. The Morgan fingerprint density at radius 3 is 2.30 bits per heavy atom. The normalized spacial score (nSPS) is 10.7. The quantitative estimate of drug-likeness (QED) is 0.423. The topological polar surface area (TPSA) is 57.5 Å². The van der Waals surface area contributed by atoms with Gasteiger partial charge in [-0.1, -0.05) is 12.1 Å². The van der Waals surface area contributed by atoms with Crippen molar-refractivity contribution in [3.05, 3.63) is 88.2 Å². The summed E-state index contributed by atoms with van der Waals surface area (Å²) in [6, 6.07) is 11.6. The summed E-state index contributed by atoms with van der Waals surface area (Å²) in [6.07, 6.45) is 0. The molecule has 0 spiro atoms. The zero-order valence-corrected chi connectivity index (χ0v) is 16.9. The Morgan fingerprint density at radius 2 is 1.67 bits per heavy atom. The second-order valence-electron chi connectivity index (χ2n) is 6.84. The van der Waals surface area contributed by atoms with Gasteiger partial charge in [-0.25, -0.2) is 13.6 Å². The van der Waals surface area contributed by atoms with Crippen LogP contribution in [0.15, 0.2) is 48.5 Å². The second-order valence-corrected chi connectivity index (χ2v) is 6.84. The van der Waals surface area contributed by atoms with Crippen LogP contribution in [0, 0.1) is 25.5 Å². The second kappa shape index (κ2) is 8.90. The third-order valence-corrected chi connectivity index (χ3v) is 4.86. The molecule has 1 heterocycles. The van der Waals surface area contributed by atoms with E-state index in [1.165, 1.54) is 31.4 Å². The third-order valence-electron chi connectivity index (χ3n) is 4.86. The molecule has 5 nitrogen and oxygen atoms in total. The number of aryl methyl sites for hydroxylation is 1. The lowest BCUT2D eigenvalue weighted by Crippen LogP contribution is -2.16. The molecule has 0 N–H and O–H groups in total. The van der Waals surface area contributed by atoms with E-state index < -0.39 is 24.2 Å². The van der Waals surface area contributed by atoms with Crippen LogP contribution in [0.25, 0.3) is 0 Å². The largest absolute Gasteiger partial charge is 0.497 e. The first-order valence-corrected chi connectivity index (χ1v) is 9.25. The van der Waals surface area contributed by atoms with Crippen LogP contribution in [0.4, 0.5) is 8.78 Å². The molecule has 3 rings (SSSR count). The highest BCUT2D eigenvalue weighted by atomic mass is 19.1. The smallest absolute Gasteiger partial charge is 0.341 e. The van der Waals surface area contributed by atoms with Gasteiger partial charge in [0.25, 0.3) is 0 Å². The average molecular weight is 413 g/mol. The monoisotopic (exact) mass is 413 g/mol. The predicted octanol–water partition coefficient (Wildman–Crippen LogP) is 4.48. The number of hydrogen-bond acceptors (Lipinski definition) is 4. The van der Waals surface area contributed by atoms with Crippen molar-refractivity contribution < 1.29 is 27.8 Å². The number of aromatic nitrogens is 1. The van der Waals surface area contributed by atoms with Crippen LogP contribution in [0.2, 0.25) is 0 Å². The minimum Gasteiger partial charge on any atom is -0.497 e. The molecule has 156 valence electrons. The maximum Gasteiger partial charge on any atom is 0.341 e. The summed E-state index contributed by atoms with van der Waals surface area (Å²) in [5.74, 6) is -2.15. The predicted molar refractivity (Wildman–Crippen MR) is 107 cm³/mol. The van der Waals surface area contributed by atoms with Gasteiger partial charge in [0.2, 0.25) is 5.78 Å².